The molecule has 1 aliphatic heterocycles. The highest BCUT2D eigenvalue weighted by Gasteiger charge is 2.49. The first-order valence-electron chi connectivity index (χ1n) is 8.87. The maximum absolute atomic E-state index is 12.7. The molecule has 134 valence electrons. The summed E-state index contributed by atoms with van der Waals surface area (Å²) in [7, 11) is 0. The normalized spacial score (nSPS) is 26.9. The Hall–Kier alpha value is -1.49. The van der Waals surface area contributed by atoms with Crippen molar-refractivity contribution in [2.24, 2.45) is 16.3 Å². The van der Waals surface area contributed by atoms with Crippen LogP contribution in [-0.4, -0.2) is 27.4 Å². The third-order valence-corrected chi connectivity index (χ3v) is 6.21. The molecule has 1 aromatic rings. The summed E-state index contributed by atoms with van der Waals surface area (Å²) in [6, 6.07) is 7.42. The van der Waals surface area contributed by atoms with Crippen molar-refractivity contribution in [2.75, 3.05) is 0 Å². The summed E-state index contributed by atoms with van der Waals surface area (Å²) in [5, 5.41) is 0. The van der Waals surface area contributed by atoms with E-state index in [1.165, 1.54) is 0 Å². The van der Waals surface area contributed by atoms with E-state index in [1.54, 1.807) is 12.1 Å². The van der Waals surface area contributed by atoms with Crippen LogP contribution in [0.5, 0.6) is 0 Å². The Morgan fingerprint density at radius 1 is 1.24 bits per heavy atom. The molecular formula is C20H25BrN2O2. The average molecular weight is 405 g/mol. The molecule has 5 heteroatoms. The van der Waals surface area contributed by atoms with Gasteiger partial charge in [0.2, 0.25) is 0 Å². The molecule has 1 heterocycles. The number of halogens is 1. The average Bonchev–Trinajstić information content (AvgIpc) is 2.79. The zero-order chi connectivity index (χ0) is 18.2. The standard InChI is InChI=1S/C20H25BrN2O2/c1-19(2,3)16-8-10-20(11-9-16)22-17(21)18(25)23(20)12-14-4-6-15(13-24)7-5-14/h4-7,13,16H,8-12H2,1-3H3. The SMILES string of the molecule is CC(C)(C)C1CCC2(CC1)N=C(Br)C(=O)N2Cc1ccc(C=O)cc1. The maximum atomic E-state index is 12.7. The summed E-state index contributed by atoms with van der Waals surface area (Å²) in [5.41, 5.74) is 1.55. The lowest BCUT2D eigenvalue weighted by Crippen LogP contribution is -2.49. The molecule has 1 amide bonds. The van der Waals surface area contributed by atoms with Gasteiger partial charge in [0, 0.05) is 12.1 Å². The van der Waals surface area contributed by atoms with E-state index in [-0.39, 0.29) is 5.91 Å². The van der Waals surface area contributed by atoms with E-state index in [9.17, 15) is 9.59 Å². The van der Waals surface area contributed by atoms with E-state index < -0.39 is 5.66 Å². The second-order valence-corrected chi connectivity index (χ2v) is 9.03. The van der Waals surface area contributed by atoms with Crippen LogP contribution < -0.4 is 0 Å². The molecule has 1 spiro atoms. The Kier molecular flexibility index (Phi) is 4.89. The van der Waals surface area contributed by atoms with E-state index in [4.69, 9.17) is 4.99 Å². The van der Waals surface area contributed by atoms with Crippen LogP contribution in [0.4, 0.5) is 0 Å². The molecule has 0 saturated heterocycles. The van der Waals surface area contributed by atoms with Crippen LogP contribution in [0.3, 0.4) is 0 Å². The monoisotopic (exact) mass is 404 g/mol. The van der Waals surface area contributed by atoms with Crippen molar-refractivity contribution >= 4 is 32.7 Å². The summed E-state index contributed by atoms with van der Waals surface area (Å²) >= 11 is 3.36. The summed E-state index contributed by atoms with van der Waals surface area (Å²) < 4.78 is 0.436. The minimum absolute atomic E-state index is 0.0336. The molecule has 4 nitrogen and oxygen atoms in total. The number of nitrogens with zero attached hydrogens (tertiary/aromatic N) is 2. The number of rotatable bonds is 3. The van der Waals surface area contributed by atoms with Crippen LogP contribution >= 0.6 is 15.9 Å². The number of amides is 1. The number of hydrogen-bond donors (Lipinski definition) is 0. The van der Waals surface area contributed by atoms with Crippen LogP contribution in [0.2, 0.25) is 0 Å². The molecule has 3 rings (SSSR count). The summed E-state index contributed by atoms with van der Waals surface area (Å²) in [6.45, 7) is 7.40. The Morgan fingerprint density at radius 2 is 1.84 bits per heavy atom. The number of benzene rings is 1. The van der Waals surface area contributed by atoms with Gasteiger partial charge in [-0.25, -0.2) is 4.99 Å². The van der Waals surface area contributed by atoms with Gasteiger partial charge >= 0.3 is 0 Å². The molecule has 1 aliphatic carbocycles. The van der Waals surface area contributed by atoms with Crippen LogP contribution in [0.15, 0.2) is 29.3 Å². The van der Waals surface area contributed by atoms with Gasteiger partial charge < -0.3 is 4.90 Å². The number of carbonyl (C=O) groups excluding carboxylic acids is 2. The number of carbonyl (C=O) groups is 2. The highest BCUT2D eigenvalue weighted by Crippen LogP contribution is 2.46. The number of aliphatic imine (C=N–C) groups is 1. The highest BCUT2D eigenvalue weighted by molar-refractivity contribution is 9.19. The predicted octanol–water partition coefficient (Wildman–Crippen LogP) is 4.57. The molecule has 0 radical (unpaired) electrons. The second kappa shape index (κ2) is 6.67. The fourth-order valence-electron chi connectivity index (χ4n) is 4.02. The second-order valence-electron chi connectivity index (χ2n) is 8.28. The van der Waals surface area contributed by atoms with Crippen molar-refractivity contribution < 1.29 is 9.59 Å². The Bertz CT molecular complexity index is 695. The Labute approximate surface area is 157 Å². The van der Waals surface area contributed by atoms with Crippen molar-refractivity contribution in [1.82, 2.24) is 4.90 Å². The zero-order valence-corrected chi connectivity index (χ0v) is 16.7. The van der Waals surface area contributed by atoms with Crippen LogP contribution in [0.1, 0.15) is 62.4 Å². The summed E-state index contributed by atoms with van der Waals surface area (Å²) in [6.07, 6.45) is 4.81. The lowest BCUT2D eigenvalue weighted by Gasteiger charge is -2.44. The van der Waals surface area contributed by atoms with Crippen molar-refractivity contribution in [1.29, 1.82) is 0 Å². The van der Waals surface area contributed by atoms with Gasteiger partial charge in [-0.15, -0.1) is 0 Å². The third kappa shape index (κ3) is 3.57. The Balaban J connectivity index is 1.80. The largest absolute Gasteiger partial charge is 0.308 e. The number of hydrogen-bond acceptors (Lipinski definition) is 3. The molecule has 0 bridgehead atoms. The van der Waals surface area contributed by atoms with Crippen LogP contribution in [0, 0.1) is 11.3 Å². The van der Waals surface area contributed by atoms with Crippen LogP contribution in [-0.2, 0) is 11.3 Å². The quantitative estimate of drug-likeness (QED) is 0.692. The number of aldehydes is 1. The van der Waals surface area contributed by atoms with Gasteiger partial charge in [0.1, 0.15) is 11.9 Å². The van der Waals surface area contributed by atoms with Gasteiger partial charge in [0.25, 0.3) is 5.91 Å². The minimum Gasteiger partial charge on any atom is -0.308 e. The van der Waals surface area contributed by atoms with Gasteiger partial charge in [-0.3, -0.25) is 9.59 Å². The van der Waals surface area contributed by atoms with Crippen molar-refractivity contribution in [3.63, 3.8) is 0 Å². The third-order valence-electron chi connectivity index (χ3n) is 5.70. The topological polar surface area (TPSA) is 49.7 Å². The molecule has 1 fully saturated rings. The highest BCUT2D eigenvalue weighted by atomic mass is 79.9. The van der Waals surface area contributed by atoms with E-state index >= 15 is 0 Å². The molecular weight excluding hydrogens is 380 g/mol. The lowest BCUT2D eigenvalue weighted by molar-refractivity contribution is -0.130. The zero-order valence-electron chi connectivity index (χ0n) is 15.1. The lowest BCUT2D eigenvalue weighted by atomic mass is 9.69. The fourth-order valence-corrected chi connectivity index (χ4v) is 4.57. The molecule has 1 aromatic carbocycles. The van der Waals surface area contributed by atoms with E-state index in [0.717, 1.165) is 37.5 Å². The van der Waals surface area contributed by atoms with Gasteiger partial charge in [-0.1, -0.05) is 45.0 Å². The van der Waals surface area contributed by atoms with Crippen molar-refractivity contribution in [3.8, 4) is 0 Å². The first-order valence-corrected chi connectivity index (χ1v) is 9.66. The molecule has 0 unspecified atom stereocenters. The molecule has 1 saturated carbocycles. The molecule has 0 atom stereocenters. The van der Waals surface area contributed by atoms with Gasteiger partial charge in [-0.05, 0) is 58.5 Å². The smallest absolute Gasteiger partial charge is 0.281 e. The molecule has 0 aromatic heterocycles. The first-order chi connectivity index (χ1) is 11.7. The van der Waals surface area contributed by atoms with E-state index in [2.05, 4.69) is 36.7 Å². The van der Waals surface area contributed by atoms with Gasteiger partial charge in [0.05, 0.1) is 0 Å². The van der Waals surface area contributed by atoms with Gasteiger partial charge in [-0.2, -0.15) is 0 Å². The maximum Gasteiger partial charge on any atom is 0.281 e. The van der Waals surface area contributed by atoms with Crippen molar-refractivity contribution in [3.05, 3.63) is 35.4 Å². The minimum atomic E-state index is -0.416. The van der Waals surface area contributed by atoms with Gasteiger partial charge in [0.15, 0.2) is 4.62 Å². The molecule has 2 aliphatic rings. The molecule has 25 heavy (non-hydrogen) atoms. The summed E-state index contributed by atoms with van der Waals surface area (Å²) in [4.78, 5) is 30.1. The first kappa shape index (κ1) is 18.3. The Morgan fingerprint density at radius 3 is 2.36 bits per heavy atom. The molecule has 0 N–H and O–H groups in total. The summed E-state index contributed by atoms with van der Waals surface area (Å²) in [5.74, 6) is 0.630. The van der Waals surface area contributed by atoms with E-state index in [0.29, 0.717) is 28.1 Å². The fraction of sp³-hybridized carbons (Fsp3) is 0.550. The van der Waals surface area contributed by atoms with E-state index in [1.807, 2.05) is 17.0 Å². The van der Waals surface area contributed by atoms with Crippen molar-refractivity contribution in [2.45, 2.75) is 58.7 Å². The van der Waals surface area contributed by atoms with Crippen LogP contribution in [0.25, 0.3) is 0 Å². The predicted molar refractivity (Wildman–Crippen MR) is 103 cm³/mol.